The van der Waals surface area contributed by atoms with Gasteiger partial charge in [0.05, 0.1) is 0 Å². The van der Waals surface area contributed by atoms with E-state index in [1.807, 2.05) is 30.3 Å². The minimum absolute atomic E-state index is 0.187. The molecule has 1 aromatic carbocycles. The molecule has 3 aromatic rings. The third-order valence-corrected chi connectivity index (χ3v) is 3.65. The highest BCUT2D eigenvalue weighted by molar-refractivity contribution is 7.71. The maximum Gasteiger partial charge on any atom is 0.332 e. The van der Waals surface area contributed by atoms with Gasteiger partial charge in [-0.25, -0.2) is 9.78 Å². The van der Waals surface area contributed by atoms with Crippen molar-refractivity contribution in [2.45, 2.75) is 0 Å². The minimum atomic E-state index is -0.448. The van der Waals surface area contributed by atoms with Gasteiger partial charge in [-0.05, 0) is 0 Å². The first-order valence-corrected chi connectivity index (χ1v) is 6.67. The fourth-order valence-electron chi connectivity index (χ4n) is 2.19. The largest absolute Gasteiger partial charge is 0.332 e. The molecule has 2 aromatic heterocycles. The van der Waals surface area contributed by atoms with Crippen molar-refractivity contribution < 1.29 is 0 Å². The smallest absolute Gasteiger partial charge is 0.329 e. The van der Waals surface area contributed by atoms with Crippen LogP contribution in [0.25, 0.3) is 22.4 Å². The van der Waals surface area contributed by atoms with E-state index >= 15 is 0 Å². The summed E-state index contributed by atoms with van der Waals surface area (Å²) in [6.45, 7) is 0. The Kier molecular flexibility index (Phi) is 3.06. The summed E-state index contributed by atoms with van der Waals surface area (Å²) < 4.78 is 2.74. The number of aromatic nitrogens is 4. The van der Waals surface area contributed by atoms with E-state index in [1.54, 1.807) is 7.05 Å². The zero-order valence-corrected chi connectivity index (χ0v) is 12.3. The van der Waals surface area contributed by atoms with Gasteiger partial charge >= 0.3 is 5.69 Å². The van der Waals surface area contributed by atoms with Crippen molar-refractivity contribution in [2.75, 3.05) is 0 Å². The number of aryl methyl sites for hydroxylation is 1. The number of hydrogen-bond acceptors (Lipinski definition) is 4. The van der Waals surface area contributed by atoms with Gasteiger partial charge < -0.3 is 4.98 Å². The minimum Gasteiger partial charge on any atom is -0.329 e. The van der Waals surface area contributed by atoms with Crippen LogP contribution in [0.15, 0.2) is 39.9 Å². The van der Waals surface area contributed by atoms with Crippen LogP contribution in [-0.4, -0.2) is 19.1 Å². The van der Waals surface area contributed by atoms with E-state index in [1.165, 1.54) is 11.6 Å². The van der Waals surface area contributed by atoms with Crippen LogP contribution in [0.3, 0.4) is 0 Å². The van der Waals surface area contributed by atoms with Crippen LogP contribution in [0, 0.1) is 4.64 Å². The van der Waals surface area contributed by atoms with Crippen LogP contribution in [0.4, 0.5) is 0 Å². The van der Waals surface area contributed by atoms with Crippen LogP contribution >= 0.6 is 12.2 Å². The van der Waals surface area contributed by atoms with Crippen molar-refractivity contribution in [1.29, 1.82) is 0 Å². The summed E-state index contributed by atoms with van der Waals surface area (Å²) in [6, 6.07) is 9.36. The Morgan fingerprint density at radius 2 is 1.76 bits per heavy atom. The van der Waals surface area contributed by atoms with Crippen molar-refractivity contribution in [2.24, 2.45) is 14.1 Å². The molecule has 0 bridgehead atoms. The molecule has 0 unspecified atom stereocenters. The Balaban J connectivity index is 2.48. The van der Waals surface area contributed by atoms with E-state index in [0.29, 0.717) is 16.0 Å². The third-order valence-electron chi connectivity index (χ3n) is 3.36. The average molecular weight is 300 g/mol. The second-order valence-electron chi connectivity index (χ2n) is 4.68. The Labute approximate surface area is 124 Å². The van der Waals surface area contributed by atoms with Crippen molar-refractivity contribution in [1.82, 2.24) is 19.1 Å². The van der Waals surface area contributed by atoms with E-state index in [0.717, 1.165) is 10.1 Å². The van der Waals surface area contributed by atoms with E-state index in [2.05, 4.69) is 9.97 Å². The zero-order chi connectivity index (χ0) is 15.1. The van der Waals surface area contributed by atoms with Crippen LogP contribution in [0.5, 0.6) is 0 Å². The van der Waals surface area contributed by atoms with Crippen LogP contribution in [-0.2, 0) is 14.1 Å². The predicted octanol–water partition coefficient (Wildman–Crippen LogP) is 1.36. The van der Waals surface area contributed by atoms with Gasteiger partial charge in [-0.1, -0.05) is 42.5 Å². The van der Waals surface area contributed by atoms with Crippen molar-refractivity contribution in [3.63, 3.8) is 0 Å². The maximum absolute atomic E-state index is 12.2. The number of nitrogens with one attached hydrogen (secondary N) is 1. The lowest BCUT2D eigenvalue weighted by atomic mass is 10.2. The van der Waals surface area contributed by atoms with Crippen molar-refractivity contribution in [3.05, 3.63) is 55.8 Å². The number of H-pyrrole nitrogens is 1. The average Bonchev–Trinajstić information content (AvgIpc) is 2.51. The van der Waals surface area contributed by atoms with E-state index < -0.39 is 11.2 Å². The Morgan fingerprint density at radius 1 is 1.10 bits per heavy atom. The summed E-state index contributed by atoms with van der Waals surface area (Å²) >= 11 is 5.30. The second-order valence-corrected chi connectivity index (χ2v) is 5.09. The molecule has 7 heteroatoms. The molecule has 0 atom stereocenters. The lowest BCUT2D eigenvalue weighted by molar-refractivity contribution is 0.704. The molecule has 3 rings (SSSR count). The number of fused-ring (bicyclic) bond motifs is 1. The van der Waals surface area contributed by atoms with Crippen LogP contribution in [0.1, 0.15) is 0 Å². The van der Waals surface area contributed by atoms with Gasteiger partial charge in [-0.2, -0.15) is 0 Å². The molecule has 0 saturated carbocycles. The molecule has 1 N–H and O–H groups in total. The first-order chi connectivity index (χ1) is 10.0. The molecule has 21 heavy (non-hydrogen) atoms. The summed E-state index contributed by atoms with van der Waals surface area (Å²) in [4.78, 5) is 31.5. The van der Waals surface area contributed by atoms with Crippen LogP contribution in [0.2, 0.25) is 0 Å². The quantitative estimate of drug-likeness (QED) is 0.689. The first kappa shape index (κ1) is 13.4. The zero-order valence-electron chi connectivity index (χ0n) is 11.5. The summed E-state index contributed by atoms with van der Waals surface area (Å²) in [6.07, 6.45) is 0. The Morgan fingerprint density at radius 3 is 2.43 bits per heavy atom. The molecule has 2 heterocycles. The summed E-state index contributed by atoms with van der Waals surface area (Å²) in [5.74, 6) is 0. The molecule has 0 radical (unpaired) electrons. The number of aromatic amines is 1. The molecule has 0 aliphatic carbocycles. The highest BCUT2D eigenvalue weighted by Crippen LogP contribution is 2.18. The number of hydrogen-bond donors (Lipinski definition) is 1. The molecule has 106 valence electrons. The summed E-state index contributed by atoms with van der Waals surface area (Å²) in [5.41, 5.74) is 0.981. The summed E-state index contributed by atoms with van der Waals surface area (Å²) in [5, 5.41) is 0. The number of rotatable bonds is 1. The van der Waals surface area contributed by atoms with Gasteiger partial charge in [-0.3, -0.25) is 13.9 Å². The molecule has 0 spiro atoms. The van der Waals surface area contributed by atoms with E-state index in [-0.39, 0.29) is 5.52 Å². The third kappa shape index (κ3) is 2.02. The molecule has 0 aliphatic rings. The molecular formula is C14H12N4O2S. The van der Waals surface area contributed by atoms with Gasteiger partial charge in [0.25, 0.3) is 5.56 Å². The predicted molar refractivity (Wildman–Crippen MR) is 82.8 cm³/mol. The van der Waals surface area contributed by atoms with Crippen molar-refractivity contribution >= 4 is 23.4 Å². The van der Waals surface area contributed by atoms with E-state index in [4.69, 9.17) is 12.2 Å². The fraction of sp³-hybridized carbons (Fsp3) is 0.143. The molecule has 0 aliphatic heterocycles. The SMILES string of the molecule is Cn1c(=O)c2nc(-c3ccccc3)c(=S)[nH]c2n(C)c1=O. The first-order valence-electron chi connectivity index (χ1n) is 6.26. The monoisotopic (exact) mass is 300 g/mol. The molecule has 6 nitrogen and oxygen atoms in total. The standard InChI is InChI=1S/C14H12N4O2S/c1-17-11-10(13(19)18(2)14(17)20)15-9(12(21)16-11)8-6-4-3-5-7-8/h3-7H,1-2H3,(H,16,21). The molecule has 0 fully saturated rings. The highest BCUT2D eigenvalue weighted by atomic mass is 32.1. The van der Waals surface area contributed by atoms with Gasteiger partial charge in [0, 0.05) is 19.7 Å². The van der Waals surface area contributed by atoms with Gasteiger partial charge in [0.2, 0.25) is 0 Å². The fourth-order valence-corrected chi connectivity index (χ4v) is 2.45. The lowest BCUT2D eigenvalue weighted by Gasteiger charge is -2.08. The highest BCUT2D eigenvalue weighted by Gasteiger charge is 2.13. The number of nitrogens with zero attached hydrogens (tertiary/aromatic N) is 3. The molecule has 0 amide bonds. The van der Waals surface area contributed by atoms with E-state index in [9.17, 15) is 9.59 Å². The topological polar surface area (TPSA) is 72.7 Å². The maximum atomic E-state index is 12.2. The molecule has 0 saturated heterocycles. The van der Waals surface area contributed by atoms with Gasteiger partial charge in [0.1, 0.15) is 16.0 Å². The Hall–Kier alpha value is -2.54. The second kappa shape index (κ2) is 4.78. The van der Waals surface area contributed by atoms with Crippen molar-refractivity contribution in [3.8, 4) is 11.3 Å². The Bertz CT molecular complexity index is 1020. The summed E-state index contributed by atoms with van der Waals surface area (Å²) in [7, 11) is 2.99. The van der Waals surface area contributed by atoms with Crippen LogP contribution < -0.4 is 11.2 Å². The van der Waals surface area contributed by atoms with Gasteiger partial charge in [0.15, 0.2) is 5.52 Å². The normalized spacial score (nSPS) is 11.0. The lowest BCUT2D eigenvalue weighted by Crippen LogP contribution is -2.37. The molecular weight excluding hydrogens is 288 g/mol. The van der Waals surface area contributed by atoms with Gasteiger partial charge in [-0.15, -0.1) is 0 Å². The number of benzene rings is 1.